The Morgan fingerprint density at radius 3 is 3.00 bits per heavy atom. The fraction of sp³-hybridized carbons (Fsp3) is 0.600. The van der Waals surface area contributed by atoms with Gasteiger partial charge < -0.3 is 19.6 Å². The zero-order chi connectivity index (χ0) is 9.97. The third kappa shape index (κ3) is 1.97. The molecule has 4 heteroatoms. The van der Waals surface area contributed by atoms with E-state index in [0.717, 1.165) is 5.76 Å². The summed E-state index contributed by atoms with van der Waals surface area (Å²) in [5, 5.41) is 12.8. The van der Waals surface area contributed by atoms with Crippen molar-refractivity contribution in [2.75, 3.05) is 13.2 Å². The lowest BCUT2D eigenvalue weighted by atomic mass is 10.1. The van der Waals surface area contributed by atoms with Crippen LogP contribution in [-0.2, 0) is 4.74 Å². The Bertz CT molecular complexity index is 273. The second kappa shape index (κ2) is 4.13. The van der Waals surface area contributed by atoms with Crippen molar-refractivity contribution < 1.29 is 14.3 Å². The third-order valence-electron chi connectivity index (χ3n) is 2.48. The van der Waals surface area contributed by atoms with Crippen molar-refractivity contribution >= 4 is 0 Å². The molecule has 1 saturated heterocycles. The lowest BCUT2D eigenvalue weighted by Gasteiger charge is -2.18. The molecule has 4 nitrogen and oxygen atoms in total. The zero-order valence-electron chi connectivity index (χ0n) is 8.14. The molecule has 2 unspecified atom stereocenters. The molecule has 0 amide bonds. The summed E-state index contributed by atoms with van der Waals surface area (Å²) in [6.07, 6.45) is 1.24. The maximum absolute atomic E-state index is 9.52. The van der Waals surface area contributed by atoms with Gasteiger partial charge in [0.2, 0.25) is 0 Å². The summed E-state index contributed by atoms with van der Waals surface area (Å²) in [6, 6.07) is 3.89. The van der Waals surface area contributed by atoms with Crippen LogP contribution < -0.4 is 5.32 Å². The topological polar surface area (TPSA) is 54.6 Å². The van der Waals surface area contributed by atoms with Gasteiger partial charge in [0.05, 0.1) is 37.7 Å². The first-order chi connectivity index (χ1) is 6.77. The molecule has 0 aromatic carbocycles. The smallest absolute Gasteiger partial charge is 0.120 e. The van der Waals surface area contributed by atoms with E-state index in [2.05, 4.69) is 5.32 Å². The van der Waals surface area contributed by atoms with Crippen LogP contribution in [0.25, 0.3) is 0 Å². The van der Waals surface area contributed by atoms with Crippen molar-refractivity contribution in [2.24, 2.45) is 0 Å². The number of hydrogen-bond acceptors (Lipinski definition) is 4. The Morgan fingerprint density at radius 2 is 2.43 bits per heavy atom. The molecule has 1 aliphatic heterocycles. The largest absolute Gasteiger partial charge is 0.468 e. The normalized spacial score (nSPS) is 29.3. The van der Waals surface area contributed by atoms with Gasteiger partial charge in [-0.3, -0.25) is 0 Å². The minimum Gasteiger partial charge on any atom is -0.468 e. The Morgan fingerprint density at radius 1 is 1.57 bits per heavy atom. The standard InChI is InChI=1S/C10H15NO3/c1-7(10-3-2-4-14-10)11-8-5-13-6-9(8)12/h2-4,7-9,11-12H,5-6H2,1H3/t7?,8?,9-/m1/s1. The first-order valence-corrected chi connectivity index (χ1v) is 4.82. The minimum absolute atomic E-state index is 0.00935. The molecule has 0 radical (unpaired) electrons. The van der Waals surface area contributed by atoms with Crippen LogP contribution in [0.1, 0.15) is 18.7 Å². The van der Waals surface area contributed by atoms with Gasteiger partial charge in [0, 0.05) is 0 Å². The van der Waals surface area contributed by atoms with Gasteiger partial charge in [-0.1, -0.05) is 0 Å². The van der Waals surface area contributed by atoms with E-state index in [1.165, 1.54) is 0 Å². The van der Waals surface area contributed by atoms with Crippen LogP contribution in [0.4, 0.5) is 0 Å². The molecule has 2 N–H and O–H groups in total. The van der Waals surface area contributed by atoms with Crippen LogP contribution in [0.3, 0.4) is 0 Å². The van der Waals surface area contributed by atoms with Crippen LogP contribution in [0.5, 0.6) is 0 Å². The molecule has 0 spiro atoms. The number of nitrogens with one attached hydrogen (secondary N) is 1. The fourth-order valence-electron chi connectivity index (χ4n) is 1.64. The van der Waals surface area contributed by atoms with E-state index in [-0.39, 0.29) is 12.1 Å². The maximum atomic E-state index is 9.52. The minimum atomic E-state index is -0.410. The molecular formula is C10H15NO3. The van der Waals surface area contributed by atoms with Crippen molar-refractivity contribution in [3.05, 3.63) is 24.2 Å². The molecule has 1 fully saturated rings. The van der Waals surface area contributed by atoms with Gasteiger partial charge in [0.25, 0.3) is 0 Å². The Kier molecular flexibility index (Phi) is 2.86. The number of aliphatic hydroxyl groups is 1. The van der Waals surface area contributed by atoms with E-state index >= 15 is 0 Å². The highest BCUT2D eigenvalue weighted by molar-refractivity contribution is 5.04. The Labute approximate surface area is 82.9 Å². The van der Waals surface area contributed by atoms with Crippen molar-refractivity contribution in [1.29, 1.82) is 0 Å². The molecular weight excluding hydrogens is 182 g/mol. The Balaban J connectivity index is 1.91. The van der Waals surface area contributed by atoms with Gasteiger partial charge >= 0.3 is 0 Å². The molecule has 0 saturated carbocycles. The molecule has 1 aliphatic rings. The second-order valence-corrected chi connectivity index (χ2v) is 3.62. The lowest BCUT2D eigenvalue weighted by molar-refractivity contribution is 0.121. The van der Waals surface area contributed by atoms with E-state index in [9.17, 15) is 5.11 Å². The van der Waals surface area contributed by atoms with Gasteiger partial charge in [-0.05, 0) is 19.1 Å². The van der Waals surface area contributed by atoms with Crippen molar-refractivity contribution in [3.63, 3.8) is 0 Å². The molecule has 3 atom stereocenters. The van der Waals surface area contributed by atoms with Crippen LogP contribution in [0.2, 0.25) is 0 Å². The molecule has 2 heterocycles. The highest BCUT2D eigenvalue weighted by atomic mass is 16.5. The van der Waals surface area contributed by atoms with E-state index in [1.54, 1.807) is 6.26 Å². The molecule has 1 aromatic rings. The van der Waals surface area contributed by atoms with Crippen molar-refractivity contribution in [1.82, 2.24) is 5.32 Å². The zero-order valence-corrected chi connectivity index (χ0v) is 8.14. The first-order valence-electron chi connectivity index (χ1n) is 4.82. The van der Waals surface area contributed by atoms with Gasteiger partial charge in [-0.25, -0.2) is 0 Å². The van der Waals surface area contributed by atoms with E-state index in [1.807, 2.05) is 19.1 Å². The monoisotopic (exact) mass is 197 g/mol. The van der Waals surface area contributed by atoms with E-state index in [0.29, 0.717) is 13.2 Å². The van der Waals surface area contributed by atoms with Crippen LogP contribution in [-0.4, -0.2) is 30.5 Å². The number of ether oxygens (including phenoxy) is 1. The highest BCUT2D eigenvalue weighted by Crippen LogP contribution is 2.15. The van der Waals surface area contributed by atoms with E-state index in [4.69, 9.17) is 9.15 Å². The molecule has 2 rings (SSSR count). The van der Waals surface area contributed by atoms with Crippen molar-refractivity contribution in [3.8, 4) is 0 Å². The predicted octanol–water partition coefficient (Wildman–Crippen LogP) is 0.690. The predicted molar refractivity (Wildman–Crippen MR) is 50.9 cm³/mol. The van der Waals surface area contributed by atoms with Gasteiger partial charge in [-0.2, -0.15) is 0 Å². The summed E-state index contributed by atoms with van der Waals surface area (Å²) >= 11 is 0. The summed E-state index contributed by atoms with van der Waals surface area (Å²) in [7, 11) is 0. The molecule has 0 bridgehead atoms. The quantitative estimate of drug-likeness (QED) is 0.748. The molecule has 14 heavy (non-hydrogen) atoms. The summed E-state index contributed by atoms with van der Waals surface area (Å²) < 4.78 is 10.4. The van der Waals surface area contributed by atoms with Crippen LogP contribution in [0.15, 0.2) is 22.8 Å². The molecule has 78 valence electrons. The SMILES string of the molecule is CC(NC1COC[C@H]1O)c1ccco1. The van der Waals surface area contributed by atoms with Gasteiger partial charge in [0.15, 0.2) is 0 Å². The number of furan rings is 1. The van der Waals surface area contributed by atoms with Crippen LogP contribution in [0, 0.1) is 0 Å². The Hall–Kier alpha value is -0.840. The summed E-state index contributed by atoms with van der Waals surface area (Å²) in [6.45, 7) is 2.98. The molecule has 0 aliphatic carbocycles. The average molecular weight is 197 g/mol. The second-order valence-electron chi connectivity index (χ2n) is 3.62. The van der Waals surface area contributed by atoms with E-state index < -0.39 is 6.10 Å². The third-order valence-corrected chi connectivity index (χ3v) is 2.48. The summed E-state index contributed by atoms with van der Waals surface area (Å²) in [4.78, 5) is 0. The van der Waals surface area contributed by atoms with Gasteiger partial charge in [-0.15, -0.1) is 0 Å². The highest BCUT2D eigenvalue weighted by Gasteiger charge is 2.27. The van der Waals surface area contributed by atoms with Crippen molar-refractivity contribution in [2.45, 2.75) is 25.1 Å². The fourth-order valence-corrected chi connectivity index (χ4v) is 1.64. The first kappa shape index (κ1) is 9.71. The van der Waals surface area contributed by atoms with Gasteiger partial charge in [0.1, 0.15) is 5.76 Å². The summed E-state index contributed by atoms with van der Waals surface area (Å²) in [5.41, 5.74) is 0. The number of hydrogen-bond donors (Lipinski definition) is 2. The van der Waals surface area contributed by atoms with Crippen LogP contribution >= 0.6 is 0 Å². The summed E-state index contributed by atoms with van der Waals surface area (Å²) in [5.74, 6) is 0.879. The molecule has 1 aromatic heterocycles. The average Bonchev–Trinajstić information content (AvgIpc) is 2.77. The lowest BCUT2D eigenvalue weighted by Crippen LogP contribution is -2.40. The number of rotatable bonds is 3. The number of aliphatic hydroxyl groups excluding tert-OH is 1. The maximum Gasteiger partial charge on any atom is 0.120 e.